The molecular formula is C28H32N4O3. The number of piperazine rings is 1. The average Bonchev–Trinajstić information content (AvgIpc) is 2.89. The van der Waals surface area contributed by atoms with Gasteiger partial charge in [0.2, 0.25) is 0 Å². The third kappa shape index (κ3) is 6.68. The molecule has 2 N–H and O–H groups in total. The molecule has 0 atom stereocenters. The fourth-order valence-corrected chi connectivity index (χ4v) is 4.11. The monoisotopic (exact) mass is 472 g/mol. The summed E-state index contributed by atoms with van der Waals surface area (Å²) in [5.41, 5.74) is 3.66. The Balaban J connectivity index is 1.37. The van der Waals surface area contributed by atoms with Gasteiger partial charge in [0.15, 0.2) is 0 Å². The van der Waals surface area contributed by atoms with Crippen LogP contribution in [0.1, 0.15) is 31.8 Å². The number of likely N-dealkylation sites (N-methyl/N-ethyl adjacent to an activating group) is 1. The highest BCUT2D eigenvalue weighted by Gasteiger charge is 2.16. The van der Waals surface area contributed by atoms with E-state index in [9.17, 15) is 9.59 Å². The number of benzene rings is 3. The van der Waals surface area contributed by atoms with Gasteiger partial charge in [-0.1, -0.05) is 36.4 Å². The number of rotatable bonds is 8. The van der Waals surface area contributed by atoms with E-state index in [-0.39, 0.29) is 11.8 Å². The molecule has 7 heteroatoms. The number of methoxy groups -OCH3 is 1. The normalized spacial score (nSPS) is 14.3. The second-order valence-electron chi connectivity index (χ2n) is 8.81. The minimum Gasteiger partial charge on any atom is -0.497 e. The van der Waals surface area contributed by atoms with Gasteiger partial charge >= 0.3 is 0 Å². The highest BCUT2D eigenvalue weighted by Crippen LogP contribution is 2.18. The molecule has 1 fully saturated rings. The molecule has 182 valence electrons. The summed E-state index contributed by atoms with van der Waals surface area (Å²) in [5.74, 6) is 0.151. The van der Waals surface area contributed by atoms with Gasteiger partial charge in [-0.25, -0.2) is 0 Å². The van der Waals surface area contributed by atoms with E-state index in [1.165, 1.54) is 5.56 Å². The Kier molecular flexibility index (Phi) is 8.13. The SMILES string of the molecule is COc1ccc(C(=O)Nc2ccccc2C(=O)NCc2cccc(CN3CCN(C)CC3)c2)cc1. The van der Waals surface area contributed by atoms with Crippen LogP contribution >= 0.6 is 0 Å². The third-order valence-electron chi connectivity index (χ3n) is 6.22. The number of nitrogens with zero attached hydrogens (tertiary/aromatic N) is 2. The molecule has 0 radical (unpaired) electrons. The Hall–Kier alpha value is -3.68. The molecule has 1 heterocycles. The summed E-state index contributed by atoms with van der Waals surface area (Å²) in [5, 5.41) is 5.84. The molecule has 0 spiro atoms. The van der Waals surface area contributed by atoms with Gasteiger partial charge in [-0.15, -0.1) is 0 Å². The molecule has 0 saturated carbocycles. The van der Waals surface area contributed by atoms with Crippen molar-refractivity contribution in [1.29, 1.82) is 0 Å². The molecule has 3 aromatic rings. The molecule has 7 nitrogen and oxygen atoms in total. The maximum absolute atomic E-state index is 13.0. The molecule has 35 heavy (non-hydrogen) atoms. The number of anilines is 1. The van der Waals surface area contributed by atoms with Gasteiger partial charge in [0, 0.05) is 44.8 Å². The van der Waals surface area contributed by atoms with Crippen molar-refractivity contribution in [2.45, 2.75) is 13.1 Å². The first-order chi connectivity index (χ1) is 17.0. The van der Waals surface area contributed by atoms with Crippen LogP contribution in [0.4, 0.5) is 5.69 Å². The Bertz CT molecular complexity index is 1150. The lowest BCUT2D eigenvalue weighted by Crippen LogP contribution is -2.43. The first-order valence-electron chi connectivity index (χ1n) is 11.8. The summed E-state index contributed by atoms with van der Waals surface area (Å²) < 4.78 is 5.14. The molecule has 2 amide bonds. The van der Waals surface area contributed by atoms with Crippen molar-refractivity contribution >= 4 is 17.5 Å². The van der Waals surface area contributed by atoms with Gasteiger partial charge in [0.1, 0.15) is 5.75 Å². The van der Waals surface area contributed by atoms with E-state index >= 15 is 0 Å². The van der Waals surface area contributed by atoms with Crippen LogP contribution in [0.25, 0.3) is 0 Å². The van der Waals surface area contributed by atoms with Gasteiger partial charge in [0.05, 0.1) is 18.4 Å². The summed E-state index contributed by atoms with van der Waals surface area (Å²) in [6.07, 6.45) is 0. The largest absolute Gasteiger partial charge is 0.497 e. The molecule has 4 rings (SSSR count). The molecule has 0 aliphatic carbocycles. The number of carbonyl (C=O) groups is 2. The van der Waals surface area contributed by atoms with Crippen LogP contribution in [0.3, 0.4) is 0 Å². The van der Waals surface area contributed by atoms with Crippen LogP contribution in [0.5, 0.6) is 5.75 Å². The predicted molar refractivity (Wildman–Crippen MR) is 138 cm³/mol. The number of amides is 2. The predicted octanol–water partition coefficient (Wildman–Crippen LogP) is 3.62. The van der Waals surface area contributed by atoms with E-state index in [1.807, 2.05) is 12.1 Å². The number of para-hydroxylation sites is 1. The lowest BCUT2D eigenvalue weighted by atomic mass is 10.1. The molecule has 0 unspecified atom stereocenters. The topological polar surface area (TPSA) is 73.9 Å². The van der Waals surface area contributed by atoms with Crippen LogP contribution in [-0.4, -0.2) is 62.0 Å². The zero-order valence-corrected chi connectivity index (χ0v) is 20.3. The van der Waals surface area contributed by atoms with E-state index < -0.39 is 0 Å². The minimum atomic E-state index is -0.287. The van der Waals surface area contributed by atoms with Gasteiger partial charge < -0.3 is 20.3 Å². The summed E-state index contributed by atoms with van der Waals surface area (Å²) in [7, 11) is 3.73. The first kappa shape index (κ1) is 24.4. The molecule has 1 aliphatic heterocycles. The number of ether oxygens (including phenoxy) is 1. The van der Waals surface area contributed by atoms with Crippen molar-refractivity contribution in [2.24, 2.45) is 0 Å². The van der Waals surface area contributed by atoms with Gasteiger partial charge in [0.25, 0.3) is 11.8 Å². The van der Waals surface area contributed by atoms with E-state index in [4.69, 9.17) is 4.74 Å². The summed E-state index contributed by atoms with van der Waals surface area (Å²) in [4.78, 5) is 30.5. The lowest BCUT2D eigenvalue weighted by Gasteiger charge is -2.32. The van der Waals surface area contributed by atoms with Gasteiger partial charge in [-0.05, 0) is 54.6 Å². The van der Waals surface area contributed by atoms with E-state index in [1.54, 1.807) is 55.6 Å². The van der Waals surface area contributed by atoms with Crippen LogP contribution in [-0.2, 0) is 13.1 Å². The smallest absolute Gasteiger partial charge is 0.255 e. The second-order valence-corrected chi connectivity index (χ2v) is 8.81. The average molecular weight is 473 g/mol. The fourth-order valence-electron chi connectivity index (χ4n) is 4.11. The fraction of sp³-hybridized carbons (Fsp3) is 0.286. The van der Waals surface area contributed by atoms with E-state index in [2.05, 4.69) is 39.6 Å². The summed E-state index contributed by atoms with van der Waals surface area (Å²) in [6.45, 7) is 5.63. The highest BCUT2D eigenvalue weighted by atomic mass is 16.5. The molecule has 0 aromatic heterocycles. The standard InChI is InChI=1S/C28H32N4O3/c1-31-14-16-32(17-15-31)20-22-7-5-6-21(18-22)19-29-28(34)25-8-3-4-9-26(25)30-27(33)23-10-12-24(35-2)13-11-23/h3-13,18H,14-17,19-20H2,1-2H3,(H,29,34)(H,30,33). The lowest BCUT2D eigenvalue weighted by molar-refractivity contribution is 0.0951. The van der Waals surface area contributed by atoms with Crippen LogP contribution in [0, 0.1) is 0 Å². The maximum Gasteiger partial charge on any atom is 0.255 e. The van der Waals surface area contributed by atoms with Crippen LogP contribution in [0.15, 0.2) is 72.8 Å². The summed E-state index contributed by atoms with van der Waals surface area (Å²) >= 11 is 0. The Morgan fingerprint density at radius 1 is 0.857 bits per heavy atom. The zero-order valence-electron chi connectivity index (χ0n) is 20.3. The zero-order chi connectivity index (χ0) is 24.6. The second kappa shape index (κ2) is 11.6. The molecule has 3 aromatic carbocycles. The molecule has 1 saturated heterocycles. The van der Waals surface area contributed by atoms with E-state index in [0.29, 0.717) is 29.1 Å². The first-order valence-corrected chi connectivity index (χ1v) is 11.8. The van der Waals surface area contributed by atoms with E-state index in [0.717, 1.165) is 38.3 Å². The Labute approximate surface area is 206 Å². The van der Waals surface area contributed by atoms with Crippen molar-refractivity contribution in [1.82, 2.24) is 15.1 Å². The highest BCUT2D eigenvalue weighted by molar-refractivity contribution is 6.09. The molecule has 1 aliphatic rings. The summed E-state index contributed by atoms with van der Waals surface area (Å²) in [6, 6.07) is 22.2. The van der Waals surface area contributed by atoms with Crippen molar-refractivity contribution in [3.63, 3.8) is 0 Å². The van der Waals surface area contributed by atoms with Crippen molar-refractivity contribution in [3.05, 3.63) is 95.1 Å². The third-order valence-corrected chi connectivity index (χ3v) is 6.22. The van der Waals surface area contributed by atoms with Gasteiger partial charge in [-0.3, -0.25) is 14.5 Å². The van der Waals surface area contributed by atoms with Crippen molar-refractivity contribution in [2.75, 3.05) is 45.7 Å². The Morgan fingerprint density at radius 3 is 2.31 bits per heavy atom. The number of hydrogen-bond donors (Lipinski definition) is 2. The number of hydrogen-bond acceptors (Lipinski definition) is 5. The van der Waals surface area contributed by atoms with Crippen LogP contribution < -0.4 is 15.4 Å². The number of carbonyl (C=O) groups excluding carboxylic acids is 2. The maximum atomic E-state index is 13.0. The minimum absolute atomic E-state index is 0.236. The van der Waals surface area contributed by atoms with Gasteiger partial charge in [-0.2, -0.15) is 0 Å². The van der Waals surface area contributed by atoms with Crippen LogP contribution in [0.2, 0.25) is 0 Å². The Morgan fingerprint density at radius 2 is 1.57 bits per heavy atom. The molecular weight excluding hydrogens is 440 g/mol. The molecule has 0 bridgehead atoms. The van der Waals surface area contributed by atoms with Crippen molar-refractivity contribution in [3.8, 4) is 5.75 Å². The quantitative estimate of drug-likeness (QED) is 0.524. The number of nitrogens with one attached hydrogen (secondary N) is 2. The van der Waals surface area contributed by atoms with Crippen molar-refractivity contribution < 1.29 is 14.3 Å².